The van der Waals surface area contributed by atoms with Gasteiger partial charge in [0.15, 0.2) is 0 Å². The van der Waals surface area contributed by atoms with Crippen molar-refractivity contribution >= 4 is 46.3 Å². The van der Waals surface area contributed by atoms with Gasteiger partial charge >= 0.3 is 5.97 Å². The van der Waals surface area contributed by atoms with Gasteiger partial charge in [-0.25, -0.2) is 4.79 Å². The van der Waals surface area contributed by atoms with Crippen molar-refractivity contribution in [2.24, 2.45) is 13.0 Å². The molecule has 0 bridgehead atoms. The van der Waals surface area contributed by atoms with Gasteiger partial charge in [-0.2, -0.15) is 0 Å². The van der Waals surface area contributed by atoms with Gasteiger partial charge in [0.25, 0.3) is 5.91 Å². The molecule has 1 N–H and O–H groups in total. The summed E-state index contributed by atoms with van der Waals surface area (Å²) in [6, 6.07) is 0.967. The van der Waals surface area contributed by atoms with Crippen LogP contribution in [-0.2, 0) is 16.6 Å². The minimum Gasteiger partial charge on any atom is -0.480 e. The Kier molecular flexibility index (Phi) is 5.08. The maximum Gasteiger partial charge on any atom is 0.327 e. The third-order valence-electron chi connectivity index (χ3n) is 3.69. The number of rotatable bonds is 5. The van der Waals surface area contributed by atoms with E-state index in [0.29, 0.717) is 15.6 Å². The van der Waals surface area contributed by atoms with Crippen LogP contribution in [0.4, 0.5) is 0 Å². The molecule has 22 heavy (non-hydrogen) atoms. The molecule has 0 radical (unpaired) electrons. The van der Waals surface area contributed by atoms with Crippen molar-refractivity contribution in [3.8, 4) is 0 Å². The van der Waals surface area contributed by atoms with Crippen molar-refractivity contribution in [2.75, 3.05) is 0 Å². The third kappa shape index (κ3) is 3.25. The Morgan fingerprint density at radius 1 is 1.55 bits per heavy atom. The normalized spacial score (nSPS) is 19.8. The smallest absolute Gasteiger partial charge is 0.327 e. The lowest BCUT2D eigenvalue weighted by atomic mass is 9.98. The number of hydrogen-bond acceptors (Lipinski definition) is 4. The number of carbonyl (C=O) groups excluding carboxylic acids is 1. The van der Waals surface area contributed by atoms with Crippen LogP contribution in [0.2, 0.25) is 0 Å². The first-order chi connectivity index (χ1) is 10.3. The summed E-state index contributed by atoms with van der Waals surface area (Å²) in [6.07, 6.45) is 6.17. The fourth-order valence-electron chi connectivity index (χ4n) is 2.31. The van der Waals surface area contributed by atoms with Gasteiger partial charge in [-0.3, -0.25) is 9.69 Å². The van der Waals surface area contributed by atoms with Crippen LogP contribution in [0, 0.1) is 5.92 Å². The van der Waals surface area contributed by atoms with Crippen LogP contribution in [0.5, 0.6) is 0 Å². The average molecular weight is 338 g/mol. The van der Waals surface area contributed by atoms with Crippen molar-refractivity contribution in [1.82, 2.24) is 9.47 Å². The van der Waals surface area contributed by atoms with Crippen LogP contribution in [0.15, 0.2) is 23.4 Å². The van der Waals surface area contributed by atoms with Crippen LogP contribution in [0.1, 0.15) is 25.8 Å². The predicted octanol–water partition coefficient (Wildman–Crippen LogP) is 2.73. The van der Waals surface area contributed by atoms with E-state index in [9.17, 15) is 14.7 Å². The highest BCUT2D eigenvalue weighted by Gasteiger charge is 2.42. The van der Waals surface area contributed by atoms with Gasteiger partial charge in [0.05, 0.1) is 4.91 Å². The monoisotopic (exact) mass is 338 g/mol. The number of carboxylic acid groups (broad SMARTS) is 1. The average Bonchev–Trinajstić information content (AvgIpc) is 2.97. The van der Waals surface area contributed by atoms with Crippen LogP contribution < -0.4 is 0 Å². The van der Waals surface area contributed by atoms with Gasteiger partial charge < -0.3 is 9.67 Å². The number of aryl methyl sites for hydroxylation is 1. The van der Waals surface area contributed by atoms with E-state index in [0.717, 1.165) is 17.3 Å². The third-order valence-corrected chi connectivity index (χ3v) is 5.02. The summed E-state index contributed by atoms with van der Waals surface area (Å²) in [5, 5.41) is 9.46. The van der Waals surface area contributed by atoms with Crippen molar-refractivity contribution in [2.45, 2.75) is 26.3 Å². The summed E-state index contributed by atoms with van der Waals surface area (Å²) in [5.74, 6) is -1.52. The Morgan fingerprint density at radius 2 is 2.23 bits per heavy atom. The van der Waals surface area contributed by atoms with E-state index in [1.807, 2.05) is 43.9 Å². The molecule has 0 aliphatic carbocycles. The molecule has 1 aliphatic rings. The molecular weight excluding hydrogens is 320 g/mol. The lowest BCUT2D eigenvalue weighted by Crippen LogP contribution is -2.47. The lowest BCUT2D eigenvalue weighted by molar-refractivity contribution is -0.147. The zero-order valence-electron chi connectivity index (χ0n) is 12.6. The molecule has 2 rings (SSSR count). The van der Waals surface area contributed by atoms with Gasteiger partial charge in [0, 0.05) is 19.4 Å². The first-order valence-electron chi connectivity index (χ1n) is 6.97. The molecule has 1 fully saturated rings. The largest absolute Gasteiger partial charge is 0.480 e. The van der Waals surface area contributed by atoms with Gasteiger partial charge in [-0.1, -0.05) is 44.2 Å². The second-order valence-corrected chi connectivity index (χ2v) is 7.01. The first-order valence-corrected chi connectivity index (χ1v) is 8.19. The molecule has 1 aliphatic heterocycles. The van der Waals surface area contributed by atoms with Crippen molar-refractivity contribution < 1.29 is 14.7 Å². The van der Waals surface area contributed by atoms with E-state index in [4.69, 9.17) is 12.2 Å². The zero-order chi connectivity index (χ0) is 16.4. The second kappa shape index (κ2) is 6.66. The van der Waals surface area contributed by atoms with Crippen molar-refractivity contribution in [3.05, 3.63) is 28.9 Å². The molecule has 0 saturated carbocycles. The Bertz CT molecular complexity index is 651. The molecule has 2 atom stereocenters. The fourth-order valence-corrected chi connectivity index (χ4v) is 3.64. The summed E-state index contributed by atoms with van der Waals surface area (Å²) in [4.78, 5) is 25.8. The van der Waals surface area contributed by atoms with E-state index < -0.39 is 12.0 Å². The molecule has 1 saturated heterocycles. The Balaban J connectivity index is 2.32. The van der Waals surface area contributed by atoms with Gasteiger partial charge in [0.1, 0.15) is 10.4 Å². The van der Waals surface area contributed by atoms with Gasteiger partial charge in [-0.15, -0.1) is 0 Å². The molecule has 1 aromatic rings. The Hall–Kier alpha value is -1.60. The van der Waals surface area contributed by atoms with E-state index in [1.165, 1.54) is 4.90 Å². The number of thioether (sulfide) groups is 1. The fraction of sp³-hybridized carbons (Fsp3) is 0.400. The summed E-state index contributed by atoms with van der Waals surface area (Å²) < 4.78 is 2.19. The molecule has 1 amide bonds. The summed E-state index contributed by atoms with van der Waals surface area (Å²) in [7, 11) is 1.89. The number of carbonyl (C=O) groups is 2. The Morgan fingerprint density at radius 3 is 2.73 bits per heavy atom. The number of aromatic nitrogens is 1. The minimum absolute atomic E-state index is 0.170. The maximum atomic E-state index is 12.6. The topological polar surface area (TPSA) is 62.5 Å². The highest BCUT2D eigenvalue weighted by molar-refractivity contribution is 8.26. The van der Waals surface area contributed by atoms with Crippen LogP contribution in [-0.4, -0.2) is 36.8 Å². The number of carboxylic acids is 1. The first kappa shape index (κ1) is 16.8. The molecule has 118 valence electrons. The predicted molar refractivity (Wildman–Crippen MR) is 91.3 cm³/mol. The number of aliphatic carboxylic acids is 1. The molecule has 7 heteroatoms. The zero-order valence-corrected chi connectivity index (χ0v) is 14.3. The molecule has 0 aromatic carbocycles. The number of thiocarbonyl (C=S) groups is 1. The van der Waals surface area contributed by atoms with Gasteiger partial charge in [0.2, 0.25) is 0 Å². The van der Waals surface area contributed by atoms with E-state index in [2.05, 4.69) is 0 Å². The van der Waals surface area contributed by atoms with Gasteiger partial charge in [-0.05, 0) is 23.6 Å². The minimum atomic E-state index is -1.02. The van der Waals surface area contributed by atoms with Crippen LogP contribution >= 0.6 is 24.0 Å². The molecular formula is C15H18N2O3S2. The second-order valence-electron chi connectivity index (χ2n) is 5.33. The van der Waals surface area contributed by atoms with Crippen molar-refractivity contribution in [1.29, 1.82) is 0 Å². The Labute approximate surface area is 139 Å². The van der Waals surface area contributed by atoms with E-state index in [-0.39, 0.29) is 11.8 Å². The quantitative estimate of drug-likeness (QED) is 0.661. The van der Waals surface area contributed by atoms with E-state index in [1.54, 1.807) is 6.08 Å². The van der Waals surface area contributed by atoms with Crippen molar-refractivity contribution in [3.63, 3.8) is 0 Å². The highest BCUT2D eigenvalue weighted by Crippen LogP contribution is 2.35. The summed E-state index contributed by atoms with van der Waals surface area (Å²) in [5.41, 5.74) is 0.887. The number of nitrogens with zero attached hydrogens (tertiary/aromatic N) is 2. The van der Waals surface area contributed by atoms with Crippen LogP contribution in [0.25, 0.3) is 6.08 Å². The number of amides is 1. The van der Waals surface area contributed by atoms with Crippen LogP contribution in [0.3, 0.4) is 0 Å². The van der Waals surface area contributed by atoms with E-state index >= 15 is 0 Å². The summed E-state index contributed by atoms with van der Waals surface area (Å²) in [6.45, 7) is 3.72. The lowest BCUT2D eigenvalue weighted by Gasteiger charge is -2.27. The molecule has 0 spiro atoms. The summed E-state index contributed by atoms with van der Waals surface area (Å²) >= 11 is 6.39. The molecule has 1 aromatic heterocycles. The molecule has 2 heterocycles. The number of hydrogen-bond donors (Lipinski definition) is 1. The SMILES string of the molecule is CC[C@H](C)[C@H](C(=O)O)N1C(=O)/C(=C\c2ccn(C)c2)SC1=S. The molecule has 5 nitrogen and oxygen atoms in total. The highest BCUT2D eigenvalue weighted by atomic mass is 32.2. The standard InChI is InChI=1S/C15H18N2O3S2/c1-4-9(2)12(14(19)20)17-13(18)11(22-15(17)21)7-10-5-6-16(3)8-10/h5-9,12H,4H2,1-3H3,(H,19,20)/b11-7+/t9-,12+/m0/s1. The molecule has 0 unspecified atom stereocenters. The maximum absolute atomic E-state index is 12.6.